The largest absolute Gasteiger partial charge is 0.454 e. The number of hydrogen-bond donors (Lipinski definition) is 2. The van der Waals surface area contributed by atoms with Crippen LogP contribution in [-0.4, -0.2) is 23.9 Å². The van der Waals surface area contributed by atoms with Crippen molar-refractivity contribution in [1.29, 1.82) is 0 Å². The number of esters is 1. The molecule has 1 saturated heterocycles. The van der Waals surface area contributed by atoms with E-state index >= 15 is 0 Å². The van der Waals surface area contributed by atoms with E-state index < -0.39 is 18.0 Å². The topological polar surface area (TPSA) is 97.6 Å². The first kappa shape index (κ1) is 17.7. The van der Waals surface area contributed by atoms with Crippen LogP contribution in [0.1, 0.15) is 41.3 Å². The van der Waals surface area contributed by atoms with Crippen molar-refractivity contribution in [3.05, 3.63) is 53.0 Å². The average Bonchev–Trinajstić information content (AvgIpc) is 3.19. The number of carbonyl (C=O) groups is 3. The van der Waals surface area contributed by atoms with E-state index in [0.29, 0.717) is 12.2 Å². The Hall–Kier alpha value is -3.09. The predicted octanol–water partition coefficient (Wildman–Crippen LogP) is 2.37. The van der Waals surface area contributed by atoms with Gasteiger partial charge < -0.3 is 14.5 Å². The van der Waals surface area contributed by atoms with Crippen molar-refractivity contribution in [2.75, 3.05) is 0 Å². The second kappa shape index (κ2) is 7.43. The lowest BCUT2D eigenvalue weighted by Gasteiger charge is -2.08. The van der Waals surface area contributed by atoms with Gasteiger partial charge in [-0.3, -0.25) is 10.1 Å². The summed E-state index contributed by atoms with van der Waals surface area (Å²) >= 11 is 0. The number of urea groups is 1. The third-order valence-corrected chi connectivity index (χ3v) is 4.23. The van der Waals surface area contributed by atoms with E-state index in [1.165, 1.54) is 0 Å². The normalized spacial score (nSPS) is 16.3. The van der Waals surface area contributed by atoms with Gasteiger partial charge in [0.1, 0.15) is 17.6 Å². The molecule has 7 heteroatoms. The van der Waals surface area contributed by atoms with Crippen molar-refractivity contribution in [1.82, 2.24) is 10.6 Å². The maximum atomic E-state index is 12.2. The SMILES string of the molecule is CCc1cc(C(=O)Oc2ccc(C[C@@H]3NC(=O)NC3=O)cc2)oc1CC. The molecule has 3 rings (SSSR count). The van der Waals surface area contributed by atoms with Gasteiger partial charge in [0, 0.05) is 12.8 Å². The van der Waals surface area contributed by atoms with Crippen LogP contribution < -0.4 is 15.4 Å². The van der Waals surface area contributed by atoms with Crippen molar-refractivity contribution in [3.63, 3.8) is 0 Å². The first-order valence-corrected chi connectivity index (χ1v) is 8.54. The number of imide groups is 1. The predicted molar refractivity (Wildman–Crippen MR) is 93.0 cm³/mol. The van der Waals surface area contributed by atoms with E-state index in [-0.39, 0.29) is 11.7 Å². The number of aryl methyl sites for hydroxylation is 2. The molecule has 0 spiro atoms. The highest BCUT2D eigenvalue weighted by molar-refractivity contribution is 6.04. The molecular formula is C19H20N2O5. The van der Waals surface area contributed by atoms with Crippen LogP contribution in [0.25, 0.3) is 0 Å². The van der Waals surface area contributed by atoms with Gasteiger partial charge in [0.05, 0.1) is 0 Å². The Labute approximate surface area is 150 Å². The van der Waals surface area contributed by atoms with E-state index in [4.69, 9.17) is 9.15 Å². The lowest BCUT2D eigenvalue weighted by molar-refractivity contribution is -0.120. The molecule has 2 N–H and O–H groups in total. The molecule has 0 radical (unpaired) electrons. The van der Waals surface area contributed by atoms with Crippen molar-refractivity contribution >= 4 is 17.9 Å². The summed E-state index contributed by atoms with van der Waals surface area (Å²) < 4.78 is 10.9. The van der Waals surface area contributed by atoms with Crippen molar-refractivity contribution < 1.29 is 23.5 Å². The molecule has 3 amide bonds. The van der Waals surface area contributed by atoms with Crippen molar-refractivity contribution in [3.8, 4) is 5.75 Å². The minimum Gasteiger partial charge on any atom is -0.454 e. The first-order valence-electron chi connectivity index (χ1n) is 8.54. The number of carbonyl (C=O) groups excluding carboxylic acids is 3. The number of nitrogens with one attached hydrogen (secondary N) is 2. The van der Waals surface area contributed by atoms with Crippen molar-refractivity contribution in [2.45, 2.75) is 39.2 Å². The van der Waals surface area contributed by atoms with Crippen LogP contribution in [0.15, 0.2) is 34.7 Å². The molecule has 0 aliphatic carbocycles. The third-order valence-electron chi connectivity index (χ3n) is 4.23. The smallest absolute Gasteiger partial charge is 0.379 e. The lowest BCUT2D eigenvalue weighted by atomic mass is 10.1. The monoisotopic (exact) mass is 356 g/mol. The Morgan fingerprint density at radius 2 is 1.88 bits per heavy atom. The number of rotatable bonds is 6. The van der Waals surface area contributed by atoms with Crippen LogP contribution in [0.4, 0.5) is 4.79 Å². The molecule has 7 nitrogen and oxygen atoms in total. The molecule has 0 saturated carbocycles. The third kappa shape index (κ3) is 3.77. The van der Waals surface area contributed by atoms with Gasteiger partial charge in [-0.05, 0) is 35.7 Å². The summed E-state index contributed by atoms with van der Waals surface area (Å²) in [6, 6.07) is 7.44. The van der Waals surface area contributed by atoms with E-state index in [1.807, 2.05) is 13.8 Å². The quantitative estimate of drug-likeness (QED) is 0.470. The highest BCUT2D eigenvalue weighted by atomic mass is 16.5. The second-order valence-electron chi connectivity index (χ2n) is 6.02. The summed E-state index contributed by atoms with van der Waals surface area (Å²) in [5.74, 6) is 0.474. The fraction of sp³-hybridized carbons (Fsp3) is 0.316. The zero-order valence-electron chi connectivity index (χ0n) is 14.6. The molecule has 1 aromatic carbocycles. The van der Waals surface area contributed by atoms with Gasteiger partial charge in [0.2, 0.25) is 5.76 Å². The standard InChI is InChI=1S/C19H20N2O5/c1-3-12-10-16(26-15(12)4-2)18(23)25-13-7-5-11(6-8-13)9-14-17(22)21-19(24)20-14/h5-8,10,14H,3-4,9H2,1-2H3,(H2,20,21,22,24)/t14-/m0/s1. The molecule has 1 aliphatic rings. The fourth-order valence-corrected chi connectivity index (χ4v) is 2.85. The van der Waals surface area contributed by atoms with Gasteiger partial charge in [-0.15, -0.1) is 0 Å². The molecule has 2 aromatic rings. The molecule has 2 heterocycles. The van der Waals surface area contributed by atoms with Crippen LogP contribution in [0, 0.1) is 0 Å². The zero-order chi connectivity index (χ0) is 18.7. The van der Waals surface area contributed by atoms with Gasteiger partial charge >= 0.3 is 12.0 Å². The van der Waals surface area contributed by atoms with Crippen LogP contribution >= 0.6 is 0 Å². The van der Waals surface area contributed by atoms with E-state index in [0.717, 1.165) is 29.7 Å². The highest BCUT2D eigenvalue weighted by Crippen LogP contribution is 2.20. The van der Waals surface area contributed by atoms with Crippen LogP contribution in [-0.2, 0) is 24.1 Å². The minimum atomic E-state index is -0.584. The molecule has 0 bridgehead atoms. The molecular weight excluding hydrogens is 336 g/mol. The summed E-state index contributed by atoms with van der Waals surface area (Å²) in [7, 11) is 0. The summed E-state index contributed by atoms with van der Waals surface area (Å²) in [4.78, 5) is 34.9. The Morgan fingerprint density at radius 1 is 1.15 bits per heavy atom. The number of hydrogen-bond acceptors (Lipinski definition) is 5. The number of furan rings is 1. The van der Waals surface area contributed by atoms with Gasteiger partial charge in [-0.25, -0.2) is 9.59 Å². The van der Waals surface area contributed by atoms with E-state index in [1.54, 1.807) is 30.3 Å². The first-order chi connectivity index (χ1) is 12.5. The van der Waals surface area contributed by atoms with Crippen LogP contribution in [0.2, 0.25) is 0 Å². The van der Waals surface area contributed by atoms with E-state index in [9.17, 15) is 14.4 Å². The Bertz CT molecular complexity index is 817. The molecule has 0 unspecified atom stereocenters. The second-order valence-corrected chi connectivity index (χ2v) is 6.02. The number of amides is 3. The summed E-state index contributed by atoms with van der Waals surface area (Å²) in [5.41, 5.74) is 1.85. The summed E-state index contributed by atoms with van der Waals surface area (Å²) in [5, 5.41) is 4.73. The van der Waals surface area contributed by atoms with Gasteiger partial charge in [-0.1, -0.05) is 26.0 Å². The average molecular weight is 356 g/mol. The fourth-order valence-electron chi connectivity index (χ4n) is 2.85. The number of benzene rings is 1. The van der Waals surface area contributed by atoms with Gasteiger partial charge in [-0.2, -0.15) is 0 Å². The molecule has 1 aromatic heterocycles. The highest BCUT2D eigenvalue weighted by Gasteiger charge is 2.29. The molecule has 1 atom stereocenters. The minimum absolute atomic E-state index is 0.188. The summed E-state index contributed by atoms with van der Waals surface area (Å²) in [6.45, 7) is 3.98. The van der Waals surface area contributed by atoms with Gasteiger partial charge in [0.25, 0.3) is 5.91 Å². The molecule has 26 heavy (non-hydrogen) atoms. The Morgan fingerprint density at radius 3 is 2.42 bits per heavy atom. The summed E-state index contributed by atoms with van der Waals surface area (Å²) in [6.07, 6.45) is 1.88. The van der Waals surface area contributed by atoms with Crippen LogP contribution in [0.3, 0.4) is 0 Å². The number of ether oxygens (including phenoxy) is 1. The molecule has 136 valence electrons. The lowest BCUT2D eigenvalue weighted by Crippen LogP contribution is -2.31. The van der Waals surface area contributed by atoms with E-state index in [2.05, 4.69) is 10.6 Å². The molecule has 1 aliphatic heterocycles. The Kier molecular flexibility index (Phi) is 5.06. The maximum absolute atomic E-state index is 12.2. The molecule has 1 fully saturated rings. The van der Waals surface area contributed by atoms with Gasteiger partial charge in [0.15, 0.2) is 0 Å². The van der Waals surface area contributed by atoms with Crippen LogP contribution in [0.5, 0.6) is 5.75 Å². The Balaban J connectivity index is 1.63. The zero-order valence-corrected chi connectivity index (χ0v) is 14.6. The maximum Gasteiger partial charge on any atom is 0.379 e. The van der Waals surface area contributed by atoms with Crippen molar-refractivity contribution in [2.24, 2.45) is 0 Å².